The van der Waals surface area contributed by atoms with Gasteiger partial charge in [-0.05, 0) is 24.3 Å². The Kier molecular flexibility index (Phi) is 4.26. The average Bonchev–Trinajstić information content (AvgIpc) is 2.68. The van der Waals surface area contributed by atoms with Gasteiger partial charge in [0.25, 0.3) is 0 Å². The number of aliphatic hydroxyl groups is 1. The van der Waals surface area contributed by atoms with Crippen molar-refractivity contribution in [2.45, 2.75) is 30.7 Å². The van der Waals surface area contributed by atoms with E-state index in [-0.39, 0.29) is 18.1 Å². The van der Waals surface area contributed by atoms with Gasteiger partial charge in [-0.15, -0.1) is 23.1 Å². The summed E-state index contributed by atoms with van der Waals surface area (Å²) in [5, 5.41) is 14.0. The Bertz CT molecular complexity index is 334. The number of carbonyl (C=O) groups is 1. The first-order valence-electron chi connectivity index (χ1n) is 5.31. The lowest BCUT2D eigenvalue weighted by atomic mass is 9.89. The highest BCUT2D eigenvalue weighted by molar-refractivity contribution is 7.99. The van der Waals surface area contributed by atoms with Crippen LogP contribution >= 0.6 is 23.1 Å². The zero-order valence-corrected chi connectivity index (χ0v) is 10.5. The third-order valence-electron chi connectivity index (χ3n) is 2.54. The Hall–Kier alpha value is -0.520. The molecule has 1 aliphatic carbocycles. The van der Waals surface area contributed by atoms with Crippen molar-refractivity contribution in [2.75, 3.05) is 5.75 Å². The fraction of sp³-hybridized carbons (Fsp3) is 0.545. The maximum atomic E-state index is 11.5. The average molecular weight is 257 g/mol. The van der Waals surface area contributed by atoms with Crippen LogP contribution in [-0.2, 0) is 10.5 Å². The molecule has 1 aromatic rings. The number of hydrogen-bond donors (Lipinski definition) is 2. The lowest BCUT2D eigenvalue weighted by molar-refractivity contribution is -0.120. The van der Waals surface area contributed by atoms with E-state index in [0.29, 0.717) is 18.6 Å². The van der Waals surface area contributed by atoms with E-state index in [0.717, 1.165) is 5.75 Å². The first-order valence-corrected chi connectivity index (χ1v) is 7.35. The van der Waals surface area contributed by atoms with Gasteiger partial charge in [-0.2, -0.15) is 0 Å². The molecular weight excluding hydrogens is 242 g/mol. The van der Waals surface area contributed by atoms with Crippen molar-refractivity contribution >= 4 is 29.0 Å². The second-order valence-corrected chi connectivity index (χ2v) is 5.98. The van der Waals surface area contributed by atoms with Crippen LogP contribution in [0.3, 0.4) is 0 Å². The second-order valence-electron chi connectivity index (χ2n) is 3.96. The van der Waals surface area contributed by atoms with Gasteiger partial charge >= 0.3 is 0 Å². The second kappa shape index (κ2) is 5.70. The van der Waals surface area contributed by atoms with Crippen molar-refractivity contribution < 1.29 is 9.90 Å². The van der Waals surface area contributed by atoms with Gasteiger partial charge in [0.2, 0.25) is 5.91 Å². The minimum Gasteiger partial charge on any atom is -0.393 e. The molecule has 1 fully saturated rings. The number of rotatable bonds is 5. The molecule has 0 bridgehead atoms. The predicted molar refractivity (Wildman–Crippen MR) is 67.7 cm³/mol. The van der Waals surface area contributed by atoms with Crippen LogP contribution in [0.15, 0.2) is 17.5 Å². The monoisotopic (exact) mass is 257 g/mol. The smallest absolute Gasteiger partial charge is 0.230 e. The Morgan fingerprint density at radius 3 is 3.06 bits per heavy atom. The highest BCUT2D eigenvalue weighted by atomic mass is 32.2. The molecule has 0 radical (unpaired) electrons. The zero-order valence-electron chi connectivity index (χ0n) is 8.89. The lowest BCUT2D eigenvalue weighted by Crippen LogP contribution is -2.47. The lowest BCUT2D eigenvalue weighted by Gasteiger charge is -2.31. The van der Waals surface area contributed by atoms with Crippen LogP contribution in [0.1, 0.15) is 17.7 Å². The van der Waals surface area contributed by atoms with E-state index in [1.165, 1.54) is 4.88 Å². The molecule has 2 N–H and O–H groups in total. The highest BCUT2D eigenvalue weighted by Crippen LogP contribution is 2.20. The molecule has 16 heavy (non-hydrogen) atoms. The van der Waals surface area contributed by atoms with Crippen LogP contribution < -0.4 is 5.32 Å². The molecule has 3 nitrogen and oxygen atoms in total. The van der Waals surface area contributed by atoms with Crippen molar-refractivity contribution in [1.82, 2.24) is 5.32 Å². The summed E-state index contributed by atoms with van der Waals surface area (Å²) in [5.74, 6) is 1.49. The van der Waals surface area contributed by atoms with Gasteiger partial charge in [-0.25, -0.2) is 0 Å². The molecule has 1 heterocycles. The molecule has 0 aromatic carbocycles. The molecule has 0 aliphatic heterocycles. The Balaban J connectivity index is 1.57. The Morgan fingerprint density at radius 2 is 2.44 bits per heavy atom. The van der Waals surface area contributed by atoms with Gasteiger partial charge in [0.1, 0.15) is 0 Å². The molecule has 0 saturated heterocycles. The first-order chi connectivity index (χ1) is 7.74. The first kappa shape index (κ1) is 12.0. The number of hydrogen-bond acceptors (Lipinski definition) is 4. The molecule has 2 rings (SSSR count). The van der Waals surface area contributed by atoms with Crippen LogP contribution in [0, 0.1) is 0 Å². The van der Waals surface area contributed by atoms with Crippen LogP contribution in [0.5, 0.6) is 0 Å². The summed E-state index contributed by atoms with van der Waals surface area (Å²) in [6.45, 7) is 0. The van der Waals surface area contributed by atoms with Crippen molar-refractivity contribution in [2.24, 2.45) is 0 Å². The summed E-state index contributed by atoms with van der Waals surface area (Å²) in [5.41, 5.74) is 0. The van der Waals surface area contributed by atoms with E-state index in [1.54, 1.807) is 23.1 Å². The zero-order chi connectivity index (χ0) is 11.4. The highest BCUT2D eigenvalue weighted by Gasteiger charge is 2.28. The molecule has 1 aromatic heterocycles. The number of thioether (sulfide) groups is 1. The van der Waals surface area contributed by atoms with Gasteiger partial charge < -0.3 is 10.4 Å². The molecule has 0 spiro atoms. The summed E-state index contributed by atoms with van der Waals surface area (Å²) < 4.78 is 0. The van der Waals surface area contributed by atoms with Crippen LogP contribution in [-0.4, -0.2) is 28.9 Å². The summed E-state index contributed by atoms with van der Waals surface area (Å²) >= 11 is 3.35. The number of carbonyl (C=O) groups excluding carboxylic acids is 1. The van der Waals surface area contributed by atoms with Crippen molar-refractivity contribution in [3.8, 4) is 0 Å². The molecule has 0 atom stereocenters. The summed E-state index contributed by atoms with van der Waals surface area (Å²) in [6, 6.07) is 4.30. The van der Waals surface area contributed by atoms with Crippen LogP contribution in [0.2, 0.25) is 0 Å². The van der Waals surface area contributed by atoms with E-state index >= 15 is 0 Å². The minimum absolute atomic E-state index is 0.0819. The fourth-order valence-electron chi connectivity index (χ4n) is 1.61. The summed E-state index contributed by atoms with van der Waals surface area (Å²) in [6.07, 6.45) is 1.21. The molecule has 0 unspecified atom stereocenters. The molecule has 1 amide bonds. The van der Waals surface area contributed by atoms with Gasteiger partial charge in [0.15, 0.2) is 0 Å². The van der Waals surface area contributed by atoms with Gasteiger partial charge in [0, 0.05) is 16.7 Å². The van der Waals surface area contributed by atoms with E-state index in [1.807, 2.05) is 11.4 Å². The molecular formula is C11H15NO2S2. The SMILES string of the molecule is O=C(CSCc1cccs1)NC1CC(O)C1. The number of nitrogens with one attached hydrogen (secondary N) is 1. The Labute approximate surface area is 103 Å². The quantitative estimate of drug-likeness (QED) is 0.843. The van der Waals surface area contributed by atoms with Crippen molar-refractivity contribution in [3.63, 3.8) is 0 Å². The van der Waals surface area contributed by atoms with E-state index in [4.69, 9.17) is 5.11 Å². The number of aliphatic hydroxyl groups excluding tert-OH is 1. The topological polar surface area (TPSA) is 49.3 Å². The van der Waals surface area contributed by atoms with Crippen molar-refractivity contribution in [1.29, 1.82) is 0 Å². The van der Waals surface area contributed by atoms with Gasteiger partial charge in [-0.3, -0.25) is 4.79 Å². The predicted octanol–water partition coefficient (Wildman–Crippen LogP) is 1.62. The third-order valence-corrected chi connectivity index (χ3v) is 4.58. The van der Waals surface area contributed by atoms with Gasteiger partial charge in [0.05, 0.1) is 11.9 Å². The van der Waals surface area contributed by atoms with E-state index < -0.39 is 0 Å². The standard InChI is InChI=1S/C11H15NO2S2/c13-9-4-8(5-9)12-11(14)7-15-6-10-2-1-3-16-10/h1-3,8-9,13H,4-7H2,(H,12,14). The largest absolute Gasteiger partial charge is 0.393 e. The third kappa shape index (κ3) is 3.50. The van der Waals surface area contributed by atoms with E-state index in [9.17, 15) is 4.79 Å². The normalized spacial score (nSPS) is 23.8. The molecule has 5 heteroatoms. The number of thiophene rings is 1. The van der Waals surface area contributed by atoms with Gasteiger partial charge in [-0.1, -0.05) is 6.07 Å². The number of amides is 1. The maximum absolute atomic E-state index is 11.5. The molecule has 1 saturated carbocycles. The Morgan fingerprint density at radius 1 is 1.62 bits per heavy atom. The van der Waals surface area contributed by atoms with Crippen LogP contribution in [0.25, 0.3) is 0 Å². The fourth-order valence-corrected chi connectivity index (χ4v) is 3.29. The van der Waals surface area contributed by atoms with Crippen LogP contribution in [0.4, 0.5) is 0 Å². The minimum atomic E-state index is -0.205. The van der Waals surface area contributed by atoms with Crippen molar-refractivity contribution in [3.05, 3.63) is 22.4 Å². The van der Waals surface area contributed by atoms with E-state index in [2.05, 4.69) is 11.4 Å². The molecule has 1 aliphatic rings. The summed E-state index contributed by atoms with van der Waals surface area (Å²) in [7, 11) is 0. The molecule has 88 valence electrons. The summed E-state index contributed by atoms with van der Waals surface area (Å²) in [4.78, 5) is 12.8. The maximum Gasteiger partial charge on any atom is 0.230 e.